The molecule has 108 valence electrons. The molecule has 1 unspecified atom stereocenters. The van der Waals surface area contributed by atoms with E-state index in [1.807, 2.05) is 13.1 Å². The van der Waals surface area contributed by atoms with E-state index in [1.54, 1.807) is 6.07 Å². The highest BCUT2D eigenvalue weighted by Crippen LogP contribution is 2.26. The molecule has 1 aromatic rings. The van der Waals surface area contributed by atoms with Crippen LogP contribution in [-0.4, -0.2) is 43.9 Å². The minimum absolute atomic E-state index is 0.00510. The Morgan fingerprint density at radius 1 is 1.55 bits per heavy atom. The molecule has 2 heterocycles. The molecule has 1 atom stereocenters. The first kappa shape index (κ1) is 14.9. The Hall–Kier alpha value is -1.49. The number of pyridine rings is 1. The van der Waals surface area contributed by atoms with Gasteiger partial charge in [0.05, 0.1) is 0 Å². The molecule has 1 saturated heterocycles. The fourth-order valence-corrected chi connectivity index (χ4v) is 4.33. The van der Waals surface area contributed by atoms with E-state index in [0.29, 0.717) is 13.1 Å². The summed E-state index contributed by atoms with van der Waals surface area (Å²) < 4.78 is 27.0. The molecule has 0 amide bonds. The maximum Gasteiger partial charge on any atom is 0.246 e. The largest absolute Gasteiger partial charge is 0.318 e. The van der Waals surface area contributed by atoms with E-state index in [9.17, 15) is 8.42 Å². The Kier molecular flexibility index (Phi) is 4.70. The number of hydrogen-bond acceptors (Lipinski definition) is 5. The van der Waals surface area contributed by atoms with Gasteiger partial charge in [0, 0.05) is 25.3 Å². The monoisotopic (exact) mass is 294 g/mol. The Labute approximate surface area is 119 Å². The lowest BCUT2D eigenvalue weighted by Crippen LogP contribution is -2.48. The minimum Gasteiger partial charge on any atom is -0.318 e. The number of likely N-dealkylation sites (N-methyl/N-ethyl adjacent to an activating group) is 1. The van der Waals surface area contributed by atoms with E-state index in [2.05, 4.69) is 10.3 Å². The van der Waals surface area contributed by atoms with Crippen molar-refractivity contribution in [1.82, 2.24) is 14.6 Å². The number of nitriles is 1. The van der Waals surface area contributed by atoms with Gasteiger partial charge in [0.25, 0.3) is 0 Å². The van der Waals surface area contributed by atoms with Gasteiger partial charge in [-0.3, -0.25) is 0 Å². The maximum atomic E-state index is 12.8. The van der Waals surface area contributed by atoms with Crippen LogP contribution in [0.2, 0.25) is 0 Å². The molecule has 0 bridgehead atoms. The number of nitrogens with one attached hydrogen (secondary N) is 1. The first-order valence-corrected chi connectivity index (χ1v) is 8.07. The highest BCUT2D eigenvalue weighted by Gasteiger charge is 2.34. The zero-order valence-electron chi connectivity index (χ0n) is 11.4. The van der Waals surface area contributed by atoms with Crippen LogP contribution in [0.1, 0.15) is 25.0 Å². The molecule has 0 aliphatic carbocycles. The van der Waals surface area contributed by atoms with E-state index in [-0.39, 0.29) is 16.6 Å². The smallest absolute Gasteiger partial charge is 0.246 e. The molecular weight excluding hydrogens is 276 g/mol. The van der Waals surface area contributed by atoms with Gasteiger partial charge in [-0.2, -0.15) is 9.57 Å². The Morgan fingerprint density at radius 2 is 2.35 bits per heavy atom. The van der Waals surface area contributed by atoms with Gasteiger partial charge in [0.2, 0.25) is 10.0 Å². The SMILES string of the molecule is CNCC1CCCCN1S(=O)(=O)c1cccnc1C#N. The van der Waals surface area contributed by atoms with Crippen molar-refractivity contribution in [3.8, 4) is 6.07 Å². The van der Waals surface area contributed by atoms with Crippen LogP contribution in [0, 0.1) is 11.3 Å². The number of hydrogen-bond donors (Lipinski definition) is 1. The standard InChI is InChI=1S/C13H18N4O2S/c1-15-10-11-5-2-3-8-17(11)20(18,19)13-6-4-7-16-12(13)9-14/h4,6-7,11,15H,2-3,5,8,10H2,1H3. The summed E-state index contributed by atoms with van der Waals surface area (Å²) in [6.07, 6.45) is 4.14. The summed E-state index contributed by atoms with van der Waals surface area (Å²) in [5.74, 6) is 0. The fourth-order valence-electron chi connectivity index (χ4n) is 2.54. The first-order chi connectivity index (χ1) is 9.61. The molecule has 1 aliphatic rings. The predicted octanol–water partition coefficient (Wildman–Crippen LogP) is 0.716. The van der Waals surface area contributed by atoms with Crippen LogP contribution < -0.4 is 5.32 Å². The van der Waals surface area contributed by atoms with Crippen molar-refractivity contribution in [2.45, 2.75) is 30.2 Å². The third kappa shape index (κ3) is 2.82. The van der Waals surface area contributed by atoms with Crippen molar-refractivity contribution < 1.29 is 8.42 Å². The second kappa shape index (κ2) is 6.31. The van der Waals surface area contributed by atoms with Crippen LogP contribution in [0.4, 0.5) is 0 Å². The highest BCUT2D eigenvalue weighted by molar-refractivity contribution is 7.89. The molecule has 0 radical (unpaired) electrons. The van der Waals surface area contributed by atoms with E-state index in [0.717, 1.165) is 19.3 Å². The Morgan fingerprint density at radius 3 is 3.05 bits per heavy atom. The van der Waals surface area contributed by atoms with Crippen LogP contribution in [0.3, 0.4) is 0 Å². The highest BCUT2D eigenvalue weighted by atomic mass is 32.2. The summed E-state index contributed by atoms with van der Waals surface area (Å²) in [6, 6.07) is 4.79. The summed E-state index contributed by atoms with van der Waals surface area (Å²) in [5.41, 5.74) is -0.0405. The summed E-state index contributed by atoms with van der Waals surface area (Å²) in [7, 11) is -1.86. The van der Waals surface area contributed by atoms with Gasteiger partial charge < -0.3 is 5.32 Å². The lowest BCUT2D eigenvalue weighted by Gasteiger charge is -2.34. The second-order valence-corrected chi connectivity index (χ2v) is 6.64. The molecule has 1 aliphatic heterocycles. The Balaban J connectivity index is 2.40. The molecule has 20 heavy (non-hydrogen) atoms. The maximum absolute atomic E-state index is 12.8. The molecule has 1 N–H and O–H groups in total. The number of sulfonamides is 1. The van der Waals surface area contributed by atoms with Gasteiger partial charge in [-0.1, -0.05) is 6.42 Å². The van der Waals surface area contributed by atoms with Crippen molar-refractivity contribution in [2.75, 3.05) is 20.1 Å². The van der Waals surface area contributed by atoms with E-state index >= 15 is 0 Å². The van der Waals surface area contributed by atoms with Gasteiger partial charge in [-0.25, -0.2) is 13.4 Å². The predicted molar refractivity (Wildman–Crippen MR) is 74.4 cm³/mol. The molecule has 0 aromatic carbocycles. The van der Waals surface area contributed by atoms with Gasteiger partial charge >= 0.3 is 0 Å². The van der Waals surface area contributed by atoms with Gasteiger partial charge in [0.15, 0.2) is 5.69 Å². The van der Waals surface area contributed by atoms with Crippen LogP contribution in [0.15, 0.2) is 23.2 Å². The Bertz CT molecular complexity index is 607. The summed E-state index contributed by atoms with van der Waals surface area (Å²) in [4.78, 5) is 3.85. The van der Waals surface area contributed by atoms with E-state index in [1.165, 1.54) is 16.6 Å². The van der Waals surface area contributed by atoms with Crippen LogP contribution >= 0.6 is 0 Å². The quantitative estimate of drug-likeness (QED) is 0.884. The number of nitrogens with zero attached hydrogens (tertiary/aromatic N) is 3. The average molecular weight is 294 g/mol. The van der Waals surface area contributed by atoms with Crippen molar-refractivity contribution in [1.29, 1.82) is 5.26 Å². The van der Waals surface area contributed by atoms with Crippen molar-refractivity contribution in [3.63, 3.8) is 0 Å². The first-order valence-electron chi connectivity index (χ1n) is 6.63. The summed E-state index contributed by atoms with van der Waals surface area (Å²) >= 11 is 0. The van der Waals surface area contributed by atoms with Gasteiger partial charge in [0.1, 0.15) is 11.0 Å². The van der Waals surface area contributed by atoms with Crippen LogP contribution in [0.25, 0.3) is 0 Å². The van der Waals surface area contributed by atoms with Gasteiger partial charge in [-0.15, -0.1) is 0 Å². The summed E-state index contributed by atoms with van der Waals surface area (Å²) in [5, 5.41) is 12.1. The zero-order valence-corrected chi connectivity index (χ0v) is 12.2. The molecular formula is C13H18N4O2S. The van der Waals surface area contributed by atoms with Crippen molar-refractivity contribution in [3.05, 3.63) is 24.0 Å². The van der Waals surface area contributed by atoms with Crippen LogP contribution in [-0.2, 0) is 10.0 Å². The van der Waals surface area contributed by atoms with E-state index in [4.69, 9.17) is 5.26 Å². The lowest BCUT2D eigenvalue weighted by molar-refractivity contribution is 0.249. The molecule has 7 heteroatoms. The van der Waals surface area contributed by atoms with Gasteiger partial charge in [-0.05, 0) is 32.0 Å². The van der Waals surface area contributed by atoms with Crippen LogP contribution in [0.5, 0.6) is 0 Å². The number of aromatic nitrogens is 1. The molecule has 6 nitrogen and oxygen atoms in total. The second-order valence-electron chi connectivity index (χ2n) is 4.78. The zero-order chi connectivity index (χ0) is 14.6. The fraction of sp³-hybridized carbons (Fsp3) is 0.538. The topological polar surface area (TPSA) is 86.1 Å². The van der Waals surface area contributed by atoms with E-state index < -0.39 is 10.0 Å². The van der Waals surface area contributed by atoms with Crippen molar-refractivity contribution in [2.24, 2.45) is 0 Å². The molecule has 1 fully saturated rings. The third-order valence-electron chi connectivity index (χ3n) is 3.48. The normalized spacial score (nSPS) is 20.5. The molecule has 2 rings (SSSR count). The minimum atomic E-state index is -3.67. The molecule has 0 spiro atoms. The number of rotatable bonds is 4. The molecule has 1 aromatic heterocycles. The molecule has 0 saturated carbocycles. The average Bonchev–Trinajstić information content (AvgIpc) is 2.48. The lowest BCUT2D eigenvalue weighted by atomic mass is 10.1. The van der Waals surface area contributed by atoms with Crippen molar-refractivity contribution >= 4 is 10.0 Å². The summed E-state index contributed by atoms with van der Waals surface area (Å²) in [6.45, 7) is 1.11. The third-order valence-corrected chi connectivity index (χ3v) is 5.46. The number of piperidine rings is 1.